The van der Waals surface area contributed by atoms with Gasteiger partial charge in [-0.2, -0.15) is 0 Å². The molecule has 5 heteroatoms. The van der Waals surface area contributed by atoms with Crippen LogP contribution in [0, 0.1) is 0 Å². The van der Waals surface area contributed by atoms with Crippen molar-refractivity contribution in [1.82, 2.24) is 0 Å². The van der Waals surface area contributed by atoms with Gasteiger partial charge in [-0.25, -0.2) is 0 Å². The van der Waals surface area contributed by atoms with Crippen LogP contribution < -0.4 is 0 Å². The number of hydrogen-bond donors (Lipinski definition) is 0. The van der Waals surface area contributed by atoms with Gasteiger partial charge in [0.25, 0.3) is 0 Å². The molecule has 0 aromatic carbocycles. The third kappa shape index (κ3) is 510. The summed E-state index contributed by atoms with van der Waals surface area (Å²) in [5.41, 5.74) is 0. The summed E-state index contributed by atoms with van der Waals surface area (Å²) in [4.78, 5) is 0. The van der Waals surface area contributed by atoms with E-state index in [0.717, 1.165) is 0 Å². The van der Waals surface area contributed by atoms with Crippen molar-refractivity contribution >= 4 is 33.5 Å². The van der Waals surface area contributed by atoms with Gasteiger partial charge < -0.3 is 0 Å². The standard InChI is InChI=1S/3C3H9P.ClH.Rh/c3*1-4(2)3;;/h3*1-3H3;1H;/q;;;;+1/p-1. The van der Waals surface area contributed by atoms with Crippen LogP contribution in [0.5, 0.6) is 0 Å². The molecule has 0 bridgehead atoms. The Morgan fingerprint density at radius 3 is 0.500 bits per heavy atom. The van der Waals surface area contributed by atoms with Crippen LogP contribution in [0.25, 0.3) is 0 Å². The first-order valence-electron chi connectivity index (χ1n) is 4.15. The first-order valence-corrected chi connectivity index (χ1v) is 14.3. The van der Waals surface area contributed by atoms with Gasteiger partial charge in [0.15, 0.2) is 0 Å². The zero-order valence-electron chi connectivity index (χ0n) is 11.1. The number of rotatable bonds is 0. The van der Waals surface area contributed by atoms with Crippen molar-refractivity contribution in [2.45, 2.75) is 0 Å². The average molecular weight is 367 g/mol. The zero-order valence-corrected chi connectivity index (χ0v) is 16.1. The van der Waals surface area contributed by atoms with E-state index in [0.29, 0.717) is 23.8 Å². The van der Waals surface area contributed by atoms with E-state index in [9.17, 15) is 0 Å². The second kappa shape index (κ2) is 24.4. The molecule has 0 atom stereocenters. The molecule has 0 radical (unpaired) electrons. The molecule has 0 spiro atoms. The molecule has 0 N–H and O–H groups in total. The molecular weight excluding hydrogens is 339 g/mol. The Morgan fingerprint density at radius 1 is 0.500 bits per heavy atom. The maximum atomic E-state index is 4.53. The summed E-state index contributed by atoms with van der Waals surface area (Å²) < 4.78 is 0. The van der Waals surface area contributed by atoms with Crippen molar-refractivity contribution in [2.24, 2.45) is 0 Å². The van der Waals surface area contributed by atoms with Gasteiger partial charge in [0, 0.05) is 0 Å². The molecule has 14 heavy (non-hydrogen) atoms. The third-order valence-electron chi connectivity index (χ3n) is 0. The Balaban J connectivity index is -0.0000000492. The molecule has 0 heterocycles. The number of hydrogen-bond acceptors (Lipinski definition) is 0. The van der Waals surface area contributed by atoms with E-state index in [-0.39, 0.29) is 0 Å². The van der Waals surface area contributed by atoms with Crippen LogP contribution in [0.1, 0.15) is 0 Å². The van der Waals surface area contributed by atoms with Gasteiger partial charge in [-0.1, -0.05) is 0 Å². The Labute approximate surface area is 110 Å². The van der Waals surface area contributed by atoms with Crippen LogP contribution in [0.4, 0.5) is 0 Å². The van der Waals surface area contributed by atoms with Crippen LogP contribution in [0.3, 0.4) is 0 Å². The van der Waals surface area contributed by atoms with Crippen molar-refractivity contribution in [2.75, 3.05) is 60.0 Å². The molecule has 0 amide bonds. The average Bonchev–Trinajstić information content (AvgIpc) is 1.86. The predicted molar refractivity (Wildman–Crippen MR) is 79.9 cm³/mol. The fourth-order valence-electron chi connectivity index (χ4n) is 0. The van der Waals surface area contributed by atoms with Crippen LogP contribution in [0.2, 0.25) is 0 Å². The second-order valence-electron chi connectivity index (χ2n) is 4.02. The molecule has 0 saturated carbocycles. The Hall–Kier alpha value is 2.20. The molecule has 0 aliphatic carbocycles. The Bertz CT molecular complexity index is 48.5. The van der Waals surface area contributed by atoms with Gasteiger partial charge in [0.1, 0.15) is 0 Å². The Kier molecular flexibility index (Phi) is 43.9. The summed E-state index contributed by atoms with van der Waals surface area (Å²) in [5, 5.41) is 0. The van der Waals surface area contributed by atoms with Gasteiger partial charge in [-0.3, -0.25) is 0 Å². The molecule has 0 aromatic rings. The van der Waals surface area contributed by atoms with E-state index >= 15 is 0 Å². The Morgan fingerprint density at radius 2 is 0.500 bits per heavy atom. The van der Waals surface area contributed by atoms with Gasteiger partial charge in [-0.15, -0.1) is 23.8 Å². The zero-order chi connectivity index (χ0) is 12.7. The van der Waals surface area contributed by atoms with Crippen molar-refractivity contribution in [3.05, 3.63) is 0 Å². The predicted octanol–water partition coefficient (Wildman–Crippen LogP) is 4.76. The molecule has 0 nitrogen and oxygen atoms in total. The molecule has 0 rings (SSSR count). The fourth-order valence-corrected chi connectivity index (χ4v) is 0. The monoisotopic (exact) mass is 366 g/mol. The van der Waals surface area contributed by atoms with Crippen molar-refractivity contribution < 1.29 is 17.3 Å². The molecular formula is C9H27ClP3Rh. The molecule has 0 aromatic heterocycles. The van der Waals surface area contributed by atoms with Gasteiger partial charge in [0.2, 0.25) is 0 Å². The SMILES string of the molecule is CP(C)C.CP(C)C.CP(C)C.[Cl][Rh]. The fraction of sp³-hybridized carbons (Fsp3) is 1.00. The van der Waals surface area contributed by atoms with Crippen LogP contribution in [-0.4, -0.2) is 60.0 Å². The summed E-state index contributed by atoms with van der Waals surface area (Å²) in [5.74, 6) is 0. The minimum atomic E-state index is 0.380. The van der Waals surface area contributed by atoms with Gasteiger partial charge in [0.05, 0.1) is 0 Å². The molecule has 0 aliphatic rings. The van der Waals surface area contributed by atoms with Crippen molar-refractivity contribution in [3.8, 4) is 0 Å². The van der Waals surface area contributed by atoms with Crippen LogP contribution >= 0.6 is 33.5 Å². The molecule has 0 fully saturated rings. The van der Waals surface area contributed by atoms with Crippen molar-refractivity contribution in [1.29, 1.82) is 0 Å². The summed E-state index contributed by atoms with van der Waals surface area (Å²) >= 11 is 2.02. The summed E-state index contributed by atoms with van der Waals surface area (Å²) in [6.07, 6.45) is 0. The first-order chi connectivity index (χ1) is 6.20. The quantitative estimate of drug-likeness (QED) is 0.428. The van der Waals surface area contributed by atoms with E-state index in [4.69, 9.17) is 0 Å². The second-order valence-corrected chi connectivity index (χ2v) is 12.1. The normalized spacial score (nSPS) is 8.21. The molecule has 0 saturated heterocycles. The van der Waals surface area contributed by atoms with Crippen molar-refractivity contribution in [3.63, 3.8) is 0 Å². The molecule has 0 aliphatic heterocycles. The van der Waals surface area contributed by atoms with E-state index < -0.39 is 0 Å². The van der Waals surface area contributed by atoms with Gasteiger partial charge in [-0.05, 0) is 60.0 Å². The van der Waals surface area contributed by atoms with Gasteiger partial charge >= 0.3 is 27.0 Å². The first kappa shape index (κ1) is 25.1. The van der Waals surface area contributed by atoms with E-state index in [1.807, 2.05) is 17.3 Å². The topological polar surface area (TPSA) is 0 Å². The summed E-state index contributed by atoms with van der Waals surface area (Å²) in [7, 11) is 5.67. The minimum absolute atomic E-state index is 0.380. The summed E-state index contributed by atoms with van der Waals surface area (Å²) in [6.45, 7) is 20.1. The molecule has 0 unspecified atom stereocenters. The van der Waals surface area contributed by atoms with Crippen LogP contribution in [-0.2, 0) is 17.3 Å². The summed E-state index contributed by atoms with van der Waals surface area (Å²) in [6, 6.07) is 0. The molecule has 94 valence electrons. The number of halogens is 1. The van der Waals surface area contributed by atoms with E-state index in [1.54, 1.807) is 0 Å². The van der Waals surface area contributed by atoms with Crippen LogP contribution in [0.15, 0.2) is 0 Å². The third-order valence-corrected chi connectivity index (χ3v) is 0. The van der Waals surface area contributed by atoms with E-state index in [1.165, 1.54) is 0 Å². The maximum absolute atomic E-state index is 4.53. The van der Waals surface area contributed by atoms with E-state index in [2.05, 4.69) is 69.7 Å².